The molecular formula is C18H19NO3. The fourth-order valence-electron chi connectivity index (χ4n) is 4.62. The Morgan fingerprint density at radius 1 is 0.955 bits per heavy atom. The van der Waals surface area contributed by atoms with E-state index in [1.165, 1.54) is 4.90 Å². The number of carbonyl (C=O) groups excluding carboxylic acids is 3. The van der Waals surface area contributed by atoms with Crippen LogP contribution < -0.4 is 0 Å². The summed E-state index contributed by atoms with van der Waals surface area (Å²) in [6, 6.07) is 7.80. The molecule has 0 unspecified atom stereocenters. The van der Waals surface area contributed by atoms with Gasteiger partial charge in [0.05, 0.1) is 17.8 Å². The third-order valence-corrected chi connectivity index (χ3v) is 5.36. The lowest BCUT2D eigenvalue weighted by molar-refractivity contribution is -0.145. The van der Waals surface area contributed by atoms with Gasteiger partial charge in [-0.1, -0.05) is 24.3 Å². The van der Waals surface area contributed by atoms with Gasteiger partial charge in [0, 0.05) is 17.9 Å². The average Bonchev–Trinajstić information content (AvgIpc) is 2.71. The maximum Gasteiger partial charge on any atom is 0.234 e. The zero-order valence-electron chi connectivity index (χ0n) is 13.0. The van der Waals surface area contributed by atoms with Gasteiger partial charge in [-0.25, -0.2) is 0 Å². The molecule has 4 nitrogen and oxygen atoms in total. The van der Waals surface area contributed by atoms with E-state index in [1.807, 2.05) is 45.0 Å². The summed E-state index contributed by atoms with van der Waals surface area (Å²) in [5.74, 6) is -1.57. The molecule has 3 aliphatic carbocycles. The lowest BCUT2D eigenvalue weighted by atomic mass is 9.56. The molecule has 22 heavy (non-hydrogen) atoms. The predicted molar refractivity (Wildman–Crippen MR) is 80.1 cm³/mol. The lowest BCUT2D eigenvalue weighted by Crippen LogP contribution is -2.46. The number of likely N-dealkylation sites (tertiary alicyclic amines) is 1. The zero-order valence-corrected chi connectivity index (χ0v) is 13.0. The first-order chi connectivity index (χ1) is 10.3. The van der Waals surface area contributed by atoms with Crippen LogP contribution in [0.4, 0.5) is 0 Å². The number of rotatable bonds is 0. The fourth-order valence-corrected chi connectivity index (χ4v) is 4.62. The molecule has 1 aromatic carbocycles. The molecule has 1 saturated carbocycles. The molecule has 5 rings (SSSR count). The molecule has 0 radical (unpaired) electrons. The Labute approximate surface area is 129 Å². The molecule has 114 valence electrons. The van der Waals surface area contributed by atoms with E-state index in [1.54, 1.807) is 0 Å². The second kappa shape index (κ2) is 4.06. The van der Waals surface area contributed by atoms with Gasteiger partial charge >= 0.3 is 0 Å². The quantitative estimate of drug-likeness (QED) is 0.690. The van der Waals surface area contributed by atoms with Crippen molar-refractivity contribution in [3.05, 3.63) is 35.4 Å². The molecule has 4 heteroatoms. The van der Waals surface area contributed by atoms with Crippen LogP contribution in [0.25, 0.3) is 0 Å². The van der Waals surface area contributed by atoms with Gasteiger partial charge in [0.15, 0.2) is 0 Å². The van der Waals surface area contributed by atoms with Gasteiger partial charge in [-0.15, -0.1) is 0 Å². The molecule has 2 fully saturated rings. The summed E-state index contributed by atoms with van der Waals surface area (Å²) < 4.78 is 0. The Bertz CT molecular complexity index is 715. The van der Waals surface area contributed by atoms with Crippen LogP contribution in [0.5, 0.6) is 0 Å². The second-order valence-corrected chi connectivity index (χ2v) is 7.62. The highest BCUT2D eigenvalue weighted by atomic mass is 16.2. The minimum absolute atomic E-state index is 0.0977. The van der Waals surface area contributed by atoms with Crippen molar-refractivity contribution in [2.24, 2.45) is 11.8 Å². The van der Waals surface area contributed by atoms with E-state index in [4.69, 9.17) is 0 Å². The molecule has 0 spiro atoms. The SMILES string of the molecule is CC(C)(C)N1C(=O)[C@@H]2[C@@H](C1=O)[C@H]1CC(=O)[C@@H]2c2ccccc21. The highest BCUT2D eigenvalue weighted by molar-refractivity contribution is 6.11. The highest BCUT2D eigenvalue weighted by Crippen LogP contribution is 2.57. The van der Waals surface area contributed by atoms with Crippen LogP contribution in [0, 0.1) is 11.8 Å². The number of hydrogen-bond acceptors (Lipinski definition) is 3. The molecule has 2 bridgehead atoms. The molecule has 4 atom stereocenters. The number of Topliss-reactive ketones (excluding diaryl/α,β-unsaturated/α-hetero) is 1. The van der Waals surface area contributed by atoms with Crippen molar-refractivity contribution in [3.63, 3.8) is 0 Å². The third-order valence-electron chi connectivity index (χ3n) is 5.36. The number of fused-ring (bicyclic) bond motifs is 1. The summed E-state index contributed by atoms with van der Waals surface area (Å²) in [4.78, 5) is 39.7. The number of benzene rings is 1. The van der Waals surface area contributed by atoms with Crippen molar-refractivity contribution in [1.82, 2.24) is 4.90 Å². The lowest BCUT2D eigenvalue weighted by Gasteiger charge is -2.43. The van der Waals surface area contributed by atoms with Gasteiger partial charge in [0.1, 0.15) is 5.78 Å². The van der Waals surface area contributed by atoms with E-state index >= 15 is 0 Å². The van der Waals surface area contributed by atoms with Gasteiger partial charge in [-0.3, -0.25) is 19.3 Å². The van der Waals surface area contributed by atoms with Gasteiger partial charge in [0.25, 0.3) is 0 Å². The topological polar surface area (TPSA) is 54.5 Å². The van der Waals surface area contributed by atoms with E-state index in [0.29, 0.717) is 6.42 Å². The third kappa shape index (κ3) is 1.50. The number of amides is 2. The summed E-state index contributed by atoms with van der Waals surface area (Å²) in [7, 11) is 0. The average molecular weight is 297 g/mol. The Morgan fingerprint density at radius 2 is 1.55 bits per heavy atom. The van der Waals surface area contributed by atoms with Crippen molar-refractivity contribution in [3.8, 4) is 0 Å². The van der Waals surface area contributed by atoms with Crippen molar-refractivity contribution in [1.29, 1.82) is 0 Å². The summed E-state index contributed by atoms with van der Waals surface area (Å²) in [5.41, 5.74) is 1.51. The standard InChI is InChI=1S/C18H19NO3/c1-18(2,3)19-16(21)14-11-8-12(20)13(15(14)17(19)22)10-7-5-4-6-9(10)11/h4-7,11,13-15H,8H2,1-3H3/t11-,13-,14-,15-/m0/s1. The molecule has 0 N–H and O–H groups in total. The summed E-state index contributed by atoms with van der Waals surface area (Å²) in [6.07, 6.45) is 0.389. The summed E-state index contributed by atoms with van der Waals surface area (Å²) in [6.45, 7) is 5.62. The van der Waals surface area contributed by atoms with Gasteiger partial charge in [0.2, 0.25) is 11.8 Å². The maximum atomic E-state index is 12.9. The first-order valence-corrected chi connectivity index (χ1v) is 7.82. The Kier molecular flexibility index (Phi) is 2.52. The smallest absolute Gasteiger partial charge is 0.234 e. The maximum absolute atomic E-state index is 12.9. The van der Waals surface area contributed by atoms with Crippen LogP contribution in [-0.2, 0) is 14.4 Å². The van der Waals surface area contributed by atoms with E-state index in [-0.39, 0.29) is 29.4 Å². The number of nitrogens with zero attached hydrogens (tertiary/aromatic N) is 1. The molecule has 0 aromatic heterocycles. The van der Waals surface area contributed by atoms with Crippen LogP contribution in [0.15, 0.2) is 24.3 Å². The van der Waals surface area contributed by atoms with E-state index in [0.717, 1.165) is 11.1 Å². The minimum atomic E-state index is -0.541. The molecule has 1 aromatic rings. The molecule has 2 amide bonds. The van der Waals surface area contributed by atoms with E-state index in [9.17, 15) is 14.4 Å². The summed E-state index contributed by atoms with van der Waals surface area (Å²) in [5, 5.41) is 0. The minimum Gasteiger partial charge on any atom is -0.299 e. The Morgan fingerprint density at radius 3 is 2.18 bits per heavy atom. The van der Waals surface area contributed by atoms with Gasteiger partial charge < -0.3 is 0 Å². The normalized spacial score (nSPS) is 33.2. The van der Waals surface area contributed by atoms with Crippen molar-refractivity contribution in [2.45, 2.75) is 44.6 Å². The molecular weight excluding hydrogens is 278 g/mol. The first kappa shape index (κ1) is 13.7. The van der Waals surface area contributed by atoms with Crippen molar-refractivity contribution in [2.75, 3.05) is 0 Å². The van der Waals surface area contributed by atoms with Crippen LogP contribution in [0.3, 0.4) is 0 Å². The van der Waals surface area contributed by atoms with E-state index in [2.05, 4.69) is 0 Å². The van der Waals surface area contributed by atoms with E-state index < -0.39 is 17.4 Å². The van der Waals surface area contributed by atoms with Gasteiger partial charge in [-0.05, 0) is 31.9 Å². The fraction of sp³-hybridized carbons (Fsp3) is 0.500. The monoisotopic (exact) mass is 297 g/mol. The number of ketones is 1. The number of hydrogen-bond donors (Lipinski definition) is 0. The molecule has 1 saturated heterocycles. The van der Waals surface area contributed by atoms with Crippen LogP contribution in [0.1, 0.15) is 50.2 Å². The van der Waals surface area contributed by atoms with Crippen LogP contribution in [-0.4, -0.2) is 28.0 Å². The second-order valence-electron chi connectivity index (χ2n) is 7.62. The summed E-state index contributed by atoms with van der Waals surface area (Å²) >= 11 is 0. The molecule has 4 aliphatic rings. The highest BCUT2D eigenvalue weighted by Gasteiger charge is 2.63. The van der Waals surface area contributed by atoms with Crippen LogP contribution >= 0.6 is 0 Å². The van der Waals surface area contributed by atoms with Gasteiger partial charge in [-0.2, -0.15) is 0 Å². The Balaban J connectivity index is 1.90. The zero-order chi connectivity index (χ0) is 15.8. The first-order valence-electron chi connectivity index (χ1n) is 7.82. The van der Waals surface area contributed by atoms with Crippen molar-refractivity contribution >= 4 is 17.6 Å². The number of carbonyl (C=O) groups is 3. The van der Waals surface area contributed by atoms with Crippen molar-refractivity contribution < 1.29 is 14.4 Å². The molecule has 1 heterocycles. The number of imide groups is 1. The van der Waals surface area contributed by atoms with Crippen LogP contribution in [0.2, 0.25) is 0 Å². The predicted octanol–water partition coefficient (Wildman–Crippen LogP) is 2.24. The molecule has 1 aliphatic heterocycles. The largest absolute Gasteiger partial charge is 0.299 e. The Hall–Kier alpha value is -1.97.